The average molecular weight is 217 g/mol. The van der Waals surface area contributed by atoms with Crippen LogP contribution in [0.5, 0.6) is 0 Å². The normalized spacial score (nSPS) is 18.6. The van der Waals surface area contributed by atoms with Gasteiger partial charge in [-0.3, -0.25) is 0 Å². The molecule has 0 spiro atoms. The first kappa shape index (κ1) is 14.0. The summed E-state index contributed by atoms with van der Waals surface area (Å²) in [6, 6.07) is 0. The highest BCUT2D eigenvalue weighted by atomic mass is 16.4. The topological polar surface area (TPSA) is 110 Å². The molecule has 0 bridgehead atoms. The minimum absolute atomic E-state index is 0.0476. The molecule has 0 saturated carbocycles. The van der Waals surface area contributed by atoms with Gasteiger partial charge in [-0.25, -0.2) is 0 Å². The van der Waals surface area contributed by atoms with Crippen LogP contribution in [0, 0.1) is 12.3 Å². The Morgan fingerprint density at radius 2 is 1.87 bits per heavy atom. The van der Waals surface area contributed by atoms with E-state index in [1.165, 1.54) is 0 Å². The molecule has 0 radical (unpaired) electrons. The van der Waals surface area contributed by atoms with Crippen molar-refractivity contribution in [2.24, 2.45) is 0 Å². The summed E-state index contributed by atoms with van der Waals surface area (Å²) in [6.45, 7) is 0.157. The molecule has 4 atom stereocenters. The predicted molar refractivity (Wildman–Crippen MR) is 51.8 cm³/mol. The molecular weight excluding hydrogens is 202 g/mol. The van der Waals surface area contributed by atoms with Crippen molar-refractivity contribution < 1.29 is 25.2 Å². The third-order valence-corrected chi connectivity index (χ3v) is 1.81. The summed E-state index contributed by atoms with van der Waals surface area (Å²) in [5.41, 5.74) is 0. The fourth-order valence-electron chi connectivity index (χ4n) is 0.923. The van der Waals surface area contributed by atoms with Gasteiger partial charge in [-0.2, -0.15) is 0 Å². The van der Waals surface area contributed by atoms with Crippen molar-refractivity contribution in [3.05, 3.63) is 0 Å². The van der Waals surface area contributed by atoms with Crippen LogP contribution in [0.4, 0.5) is 0 Å². The van der Waals surface area contributed by atoms with Gasteiger partial charge in [0.1, 0.15) is 18.3 Å². The van der Waals surface area contributed by atoms with Gasteiger partial charge in [0.05, 0.1) is 12.6 Å². The number of hydrogen-bond donors (Lipinski definition) is 5. The lowest BCUT2D eigenvalue weighted by atomic mass is 10.0. The van der Waals surface area contributed by atoms with Gasteiger partial charge in [0.15, 0.2) is 6.29 Å². The number of carbonyl (C=O) groups excluding carboxylic acids is 1. The Morgan fingerprint density at radius 1 is 1.27 bits per heavy atom. The number of terminal acetylenes is 1. The highest BCUT2D eigenvalue weighted by molar-refractivity contribution is 5.56. The Labute approximate surface area is 87.5 Å². The van der Waals surface area contributed by atoms with Crippen LogP contribution in [0.2, 0.25) is 0 Å². The highest BCUT2D eigenvalue weighted by Crippen LogP contribution is 2.03. The van der Waals surface area contributed by atoms with E-state index < -0.39 is 24.4 Å². The number of aliphatic hydroxyl groups is 4. The summed E-state index contributed by atoms with van der Waals surface area (Å²) in [4.78, 5) is 10.1. The molecule has 0 heterocycles. The van der Waals surface area contributed by atoms with Crippen LogP contribution in [0.3, 0.4) is 0 Å². The maximum absolute atomic E-state index is 10.1. The Morgan fingerprint density at radius 3 is 2.33 bits per heavy atom. The Kier molecular flexibility index (Phi) is 6.86. The first-order valence-corrected chi connectivity index (χ1v) is 4.36. The molecule has 0 aromatic carbocycles. The second-order valence-electron chi connectivity index (χ2n) is 3.01. The van der Waals surface area contributed by atoms with Gasteiger partial charge in [0.25, 0.3) is 0 Å². The van der Waals surface area contributed by atoms with Crippen molar-refractivity contribution in [3.63, 3.8) is 0 Å². The number of carbonyl (C=O) groups is 1. The monoisotopic (exact) mass is 217 g/mol. The maximum atomic E-state index is 10.1. The molecule has 0 amide bonds. The summed E-state index contributed by atoms with van der Waals surface area (Å²) in [7, 11) is 0. The van der Waals surface area contributed by atoms with Crippen LogP contribution in [0.15, 0.2) is 0 Å². The van der Waals surface area contributed by atoms with Crippen molar-refractivity contribution in [1.82, 2.24) is 5.32 Å². The second-order valence-corrected chi connectivity index (χ2v) is 3.01. The molecule has 0 saturated heterocycles. The van der Waals surface area contributed by atoms with E-state index in [9.17, 15) is 15.0 Å². The van der Waals surface area contributed by atoms with Gasteiger partial charge in [-0.05, 0) is 0 Å². The molecule has 0 aliphatic heterocycles. The molecule has 86 valence electrons. The van der Waals surface area contributed by atoms with Crippen molar-refractivity contribution in [1.29, 1.82) is 0 Å². The second kappa shape index (κ2) is 7.34. The predicted octanol–water partition coefficient (Wildman–Crippen LogP) is -3.15. The van der Waals surface area contributed by atoms with Crippen molar-refractivity contribution >= 4 is 6.29 Å². The van der Waals surface area contributed by atoms with E-state index >= 15 is 0 Å². The van der Waals surface area contributed by atoms with E-state index in [1.807, 2.05) is 0 Å². The van der Waals surface area contributed by atoms with Gasteiger partial charge in [-0.1, -0.05) is 5.92 Å². The Hall–Kier alpha value is -0.970. The summed E-state index contributed by atoms with van der Waals surface area (Å²) in [5, 5.41) is 39.2. The van der Waals surface area contributed by atoms with Gasteiger partial charge < -0.3 is 30.5 Å². The quantitative estimate of drug-likeness (QED) is 0.175. The molecule has 0 aliphatic rings. The molecule has 6 nitrogen and oxygen atoms in total. The fraction of sp³-hybridized carbons (Fsp3) is 0.667. The molecule has 0 aliphatic carbocycles. The Balaban J connectivity index is 4.01. The lowest BCUT2D eigenvalue weighted by Gasteiger charge is -2.24. The summed E-state index contributed by atoms with van der Waals surface area (Å²) >= 11 is 0. The fourth-order valence-corrected chi connectivity index (χ4v) is 0.923. The lowest BCUT2D eigenvalue weighted by Crippen LogP contribution is -2.48. The Bertz CT molecular complexity index is 227. The third kappa shape index (κ3) is 4.88. The van der Waals surface area contributed by atoms with Crippen molar-refractivity contribution in [2.75, 3.05) is 13.1 Å². The first-order chi connectivity index (χ1) is 7.04. The molecule has 0 aromatic heterocycles. The summed E-state index contributed by atoms with van der Waals surface area (Å²) < 4.78 is 0. The minimum Gasteiger partial charge on any atom is -0.389 e. The van der Waals surface area contributed by atoms with Crippen LogP contribution >= 0.6 is 0 Å². The summed E-state index contributed by atoms with van der Waals surface area (Å²) in [6.07, 6.45) is -1.36. The number of hydrogen-bond acceptors (Lipinski definition) is 6. The van der Waals surface area contributed by atoms with E-state index in [4.69, 9.17) is 16.6 Å². The zero-order valence-corrected chi connectivity index (χ0v) is 8.08. The highest BCUT2D eigenvalue weighted by Gasteiger charge is 2.29. The van der Waals surface area contributed by atoms with Crippen LogP contribution in [-0.2, 0) is 4.79 Å². The SMILES string of the molecule is C#CCNC[C@H](O)[C@@H](O)[C@@H](O)[C@H](O)C=O. The van der Waals surface area contributed by atoms with Gasteiger partial charge in [0.2, 0.25) is 0 Å². The van der Waals surface area contributed by atoms with Crippen LogP contribution in [0.25, 0.3) is 0 Å². The molecule has 5 N–H and O–H groups in total. The van der Waals surface area contributed by atoms with Crippen molar-refractivity contribution in [3.8, 4) is 12.3 Å². The summed E-state index contributed by atoms with van der Waals surface area (Å²) in [5.74, 6) is 2.25. The van der Waals surface area contributed by atoms with Crippen LogP contribution in [-0.4, -0.2) is 64.2 Å². The minimum atomic E-state index is -1.72. The smallest absolute Gasteiger partial charge is 0.151 e. The van der Waals surface area contributed by atoms with Gasteiger partial charge in [0, 0.05) is 6.54 Å². The van der Waals surface area contributed by atoms with E-state index in [2.05, 4.69) is 11.2 Å². The number of aldehydes is 1. The molecular formula is C9H15NO5. The molecule has 0 aromatic rings. The van der Waals surface area contributed by atoms with E-state index in [1.54, 1.807) is 0 Å². The zero-order chi connectivity index (χ0) is 11.8. The van der Waals surface area contributed by atoms with E-state index in [0.717, 1.165) is 0 Å². The maximum Gasteiger partial charge on any atom is 0.151 e. The largest absolute Gasteiger partial charge is 0.389 e. The zero-order valence-electron chi connectivity index (χ0n) is 8.08. The first-order valence-electron chi connectivity index (χ1n) is 4.36. The van der Waals surface area contributed by atoms with Crippen LogP contribution < -0.4 is 5.32 Å². The molecule has 0 rings (SSSR count). The average Bonchev–Trinajstić information content (AvgIpc) is 2.26. The standard InChI is InChI=1S/C9H15NO5/c1-2-3-10-4-6(12)8(14)9(15)7(13)5-11/h1,5-10,12-15H,3-4H2/t6-,7+,8+,9-/m0/s1. The van der Waals surface area contributed by atoms with Crippen LogP contribution in [0.1, 0.15) is 0 Å². The molecule has 0 fully saturated rings. The van der Waals surface area contributed by atoms with E-state index in [0.29, 0.717) is 0 Å². The van der Waals surface area contributed by atoms with E-state index in [-0.39, 0.29) is 19.4 Å². The third-order valence-electron chi connectivity index (χ3n) is 1.81. The molecule has 15 heavy (non-hydrogen) atoms. The van der Waals surface area contributed by atoms with Gasteiger partial charge in [-0.15, -0.1) is 6.42 Å². The lowest BCUT2D eigenvalue weighted by molar-refractivity contribution is -0.133. The van der Waals surface area contributed by atoms with Crippen molar-refractivity contribution in [2.45, 2.75) is 24.4 Å². The molecule has 6 heteroatoms. The number of rotatable bonds is 7. The van der Waals surface area contributed by atoms with Gasteiger partial charge >= 0.3 is 0 Å². The number of aliphatic hydroxyl groups excluding tert-OH is 4. The number of nitrogens with one attached hydrogen (secondary N) is 1. The molecule has 0 unspecified atom stereocenters.